The van der Waals surface area contributed by atoms with Gasteiger partial charge in [-0.1, -0.05) is 42.0 Å². The van der Waals surface area contributed by atoms with E-state index in [9.17, 15) is 9.59 Å². The molecule has 0 radical (unpaired) electrons. The van der Waals surface area contributed by atoms with Crippen molar-refractivity contribution in [3.63, 3.8) is 0 Å². The summed E-state index contributed by atoms with van der Waals surface area (Å²) < 4.78 is 11.3. The standard InChI is InChI=1S/C21H20N2O4/c1-13-10-11-16(14(2)12-13)18-17(20(24)26-3)19(21(25)27-4)23(22-18)15-8-6-5-7-9-15/h5-12H,1-4H3. The summed E-state index contributed by atoms with van der Waals surface area (Å²) in [4.78, 5) is 25.1. The van der Waals surface area contributed by atoms with Crippen LogP contribution in [0.25, 0.3) is 16.9 Å². The average Bonchev–Trinajstić information content (AvgIpc) is 3.07. The van der Waals surface area contributed by atoms with Crippen molar-refractivity contribution in [2.45, 2.75) is 13.8 Å². The van der Waals surface area contributed by atoms with Gasteiger partial charge in [-0.2, -0.15) is 5.10 Å². The van der Waals surface area contributed by atoms with Crippen LogP contribution in [0.5, 0.6) is 0 Å². The summed E-state index contributed by atoms with van der Waals surface area (Å²) in [5, 5.41) is 4.59. The predicted molar refractivity (Wildman–Crippen MR) is 101 cm³/mol. The lowest BCUT2D eigenvalue weighted by molar-refractivity contribution is 0.0549. The maximum absolute atomic E-state index is 12.6. The van der Waals surface area contributed by atoms with E-state index >= 15 is 0 Å². The highest BCUT2D eigenvalue weighted by atomic mass is 16.5. The van der Waals surface area contributed by atoms with E-state index in [1.54, 1.807) is 12.1 Å². The Hall–Kier alpha value is -3.41. The van der Waals surface area contributed by atoms with Gasteiger partial charge in [0.2, 0.25) is 0 Å². The maximum Gasteiger partial charge on any atom is 0.357 e. The average molecular weight is 364 g/mol. The van der Waals surface area contributed by atoms with E-state index in [0.29, 0.717) is 11.4 Å². The maximum atomic E-state index is 12.6. The van der Waals surface area contributed by atoms with E-state index < -0.39 is 11.9 Å². The molecule has 1 aromatic heterocycles. The molecule has 0 atom stereocenters. The Labute approximate surface area is 157 Å². The summed E-state index contributed by atoms with van der Waals surface area (Å²) in [6, 6.07) is 14.9. The number of methoxy groups -OCH3 is 2. The van der Waals surface area contributed by atoms with Gasteiger partial charge >= 0.3 is 11.9 Å². The predicted octanol–water partition coefficient (Wildman–Crippen LogP) is 3.73. The second kappa shape index (κ2) is 7.45. The molecule has 0 saturated heterocycles. The first kappa shape index (κ1) is 18.4. The Balaban J connectivity index is 2.38. The molecule has 1 heterocycles. The molecule has 0 aliphatic carbocycles. The zero-order valence-electron chi connectivity index (χ0n) is 15.6. The van der Waals surface area contributed by atoms with Crippen LogP contribution in [0.2, 0.25) is 0 Å². The molecule has 0 saturated carbocycles. The molecule has 0 aliphatic rings. The van der Waals surface area contributed by atoms with E-state index in [1.165, 1.54) is 18.9 Å². The van der Waals surface area contributed by atoms with E-state index in [4.69, 9.17) is 9.47 Å². The Morgan fingerprint density at radius 2 is 1.59 bits per heavy atom. The minimum atomic E-state index is -0.664. The van der Waals surface area contributed by atoms with Crippen molar-refractivity contribution in [2.24, 2.45) is 0 Å². The van der Waals surface area contributed by atoms with Gasteiger partial charge in [0.25, 0.3) is 0 Å². The summed E-state index contributed by atoms with van der Waals surface area (Å²) in [6.45, 7) is 3.92. The van der Waals surface area contributed by atoms with Crippen molar-refractivity contribution in [1.82, 2.24) is 9.78 Å². The van der Waals surface area contributed by atoms with Crippen molar-refractivity contribution >= 4 is 11.9 Å². The molecular weight excluding hydrogens is 344 g/mol. The lowest BCUT2D eigenvalue weighted by Crippen LogP contribution is -2.15. The van der Waals surface area contributed by atoms with E-state index in [0.717, 1.165) is 16.7 Å². The smallest absolute Gasteiger partial charge is 0.357 e. The molecular formula is C21H20N2O4. The second-order valence-electron chi connectivity index (χ2n) is 6.12. The van der Waals surface area contributed by atoms with Gasteiger partial charge < -0.3 is 9.47 Å². The van der Waals surface area contributed by atoms with Crippen LogP contribution < -0.4 is 0 Å². The third kappa shape index (κ3) is 3.33. The van der Waals surface area contributed by atoms with Gasteiger partial charge in [0, 0.05) is 5.56 Å². The fourth-order valence-corrected chi connectivity index (χ4v) is 3.02. The zero-order valence-corrected chi connectivity index (χ0v) is 15.6. The van der Waals surface area contributed by atoms with Crippen LogP contribution >= 0.6 is 0 Å². The fraction of sp³-hybridized carbons (Fsp3) is 0.190. The third-order valence-corrected chi connectivity index (χ3v) is 4.29. The Kier molecular flexibility index (Phi) is 5.07. The first-order valence-corrected chi connectivity index (χ1v) is 8.40. The molecule has 2 aromatic carbocycles. The molecule has 0 N–H and O–H groups in total. The number of para-hydroxylation sites is 1. The van der Waals surface area contributed by atoms with Crippen molar-refractivity contribution in [3.8, 4) is 16.9 Å². The van der Waals surface area contributed by atoms with Crippen LogP contribution in [0.1, 0.15) is 32.0 Å². The number of aromatic nitrogens is 2. The summed E-state index contributed by atoms with van der Waals surface area (Å²) in [5.74, 6) is -1.31. The van der Waals surface area contributed by atoms with Crippen molar-refractivity contribution in [2.75, 3.05) is 14.2 Å². The number of hydrogen-bond acceptors (Lipinski definition) is 5. The zero-order chi connectivity index (χ0) is 19.6. The molecule has 3 aromatic rings. The Morgan fingerprint density at radius 1 is 0.926 bits per heavy atom. The number of rotatable bonds is 4. The molecule has 138 valence electrons. The fourth-order valence-electron chi connectivity index (χ4n) is 3.02. The van der Waals surface area contributed by atoms with Crippen LogP contribution in [0, 0.1) is 13.8 Å². The first-order chi connectivity index (χ1) is 13.0. The van der Waals surface area contributed by atoms with Gasteiger partial charge in [0.15, 0.2) is 5.69 Å². The number of nitrogens with zero attached hydrogens (tertiary/aromatic N) is 2. The molecule has 3 rings (SSSR count). The normalized spacial score (nSPS) is 10.5. The molecule has 0 spiro atoms. The number of carbonyl (C=O) groups is 2. The Bertz CT molecular complexity index is 1010. The van der Waals surface area contributed by atoms with Gasteiger partial charge in [-0.25, -0.2) is 14.3 Å². The summed E-state index contributed by atoms with van der Waals surface area (Å²) in [6.07, 6.45) is 0. The summed E-state index contributed by atoms with van der Waals surface area (Å²) in [7, 11) is 2.54. The summed E-state index contributed by atoms with van der Waals surface area (Å²) >= 11 is 0. The van der Waals surface area contributed by atoms with E-state index in [1.807, 2.05) is 50.2 Å². The molecule has 6 nitrogen and oxygen atoms in total. The van der Waals surface area contributed by atoms with Gasteiger partial charge in [0.05, 0.1) is 19.9 Å². The van der Waals surface area contributed by atoms with Crippen LogP contribution in [0.15, 0.2) is 48.5 Å². The molecule has 0 aliphatic heterocycles. The molecule has 6 heteroatoms. The third-order valence-electron chi connectivity index (χ3n) is 4.29. The lowest BCUT2D eigenvalue weighted by Gasteiger charge is -2.07. The van der Waals surface area contributed by atoms with Crippen LogP contribution in [-0.4, -0.2) is 35.9 Å². The van der Waals surface area contributed by atoms with Gasteiger partial charge in [-0.3, -0.25) is 0 Å². The largest absolute Gasteiger partial charge is 0.465 e. The second-order valence-corrected chi connectivity index (χ2v) is 6.12. The highest BCUT2D eigenvalue weighted by molar-refractivity contribution is 6.07. The Morgan fingerprint density at radius 3 is 2.19 bits per heavy atom. The molecule has 27 heavy (non-hydrogen) atoms. The molecule has 0 bridgehead atoms. The van der Waals surface area contributed by atoms with Crippen molar-refractivity contribution in [3.05, 3.63) is 70.9 Å². The van der Waals surface area contributed by atoms with Crippen molar-refractivity contribution < 1.29 is 19.1 Å². The number of hydrogen-bond donors (Lipinski definition) is 0. The number of ether oxygens (including phenoxy) is 2. The SMILES string of the molecule is COC(=O)c1c(-c2ccc(C)cc2C)nn(-c2ccccc2)c1C(=O)OC. The van der Waals surface area contributed by atoms with Crippen LogP contribution in [-0.2, 0) is 9.47 Å². The van der Waals surface area contributed by atoms with Gasteiger partial charge in [-0.15, -0.1) is 0 Å². The van der Waals surface area contributed by atoms with Gasteiger partial charge in [-0.05, 0) is 31.5 Å². The highest BCUT2D eigenvalue weighted by Crippen LogP contribution is 2.31. The monoisotopic (exact) mass is 364 g/mol. The summed E-state index contributed by atoms with van der Waals surface area (Å²) in [5.41, 5.74) is 3.91. The van der Waals surface area contributed by atoms with Crippen molar-refractivity contribution in [1.29, 1.82) is 0 Å². The highest BCUT2D eigenvalue weighted by Gasteiger charge is 2.31. The lowest BCUT2D eigenvalue weighted by atomic mass is 9.99. The number of carbonyl (C=O) groups excluding carboxylic acids is 2. The number of esters is 2. The minimum Gasteiger partial charge on any atom is -0.465 e. The van der Waals surface area contributed by atoms with Crippen LogP contribution in [0.4, 0.5) is 0 Å². The minimum absolute atomic E-state index is 0.0329. The number of benzene rings is 2. The van der Waals surface area contributed by atoms with E-state index in [-0.39, 0.29) is 11.3 Å². The molecule has 0 unspecified atom stereocenters. The molecule has 0 amide bonds. The molecule has 0 fully saturated rings. The quantitative estimate of drug-likeness (QED) is 0.660. The van der Waals surface area contributed by atoms with Crippen LogP contribution in [0.3, 0.4) is 0 Å². The van der Waals surface area contributed by atoms with E-state index in [2.05, 4.69) is 5.10 Å². The first-order valence-electron chi connectivity index (χ1n) is 8.40. The number of aryl methyl sites for hydroxylation is 2. The van der Waals surface area contributed by atoms with Gasteiger partial charge in [0.1, 0.15) is 11.3 Å². The topological polar surface area (TPSA) is 70.4 Å².